The lowest BCUT2D eigenvalue weighted by Gasteiger charge is -2.15. The van der Waals surface area contributed by atoms with Crippen LogP contribution < -0.4 is 4.74 Å². The predicted octanol–water partition coefficient (Wildman–Crippen LogP) is 7.20. The highest BCUT2D eigenvalue weighted by molar-refractivity contribution is 6.30. The molecule has 8 heteroatoms. The quantitative estimate of drug-likeness (QED) is 0.171. The van der Waals surface area contributed by atoms with Gasteiger partial charge in [0.25, 0.3) is 0 Å². The van der Waals surface area contributed by atoms with E-state index in [1.807, 2.05) is 55.5 Å². The molecule has 1 atom stereocenters. The average Bonchev–Trinajstić information content (AvgIpc) is 3.64. The highest BCUT2D eigenvalue weighted by Crippen LogP contribution is 2.26. The molecule has 1 fully saturated rings. The number of imidazole rings is 1. The summed E-state index contributed by atoms with van der Waals surface area (Å²) in [7, 11) is 1.40. The largest absolute Gasteiger partial charge is 0.473 e. The monoisotopic (exact) mass is 581 g/mol. The van der Waals surface area contributed by atoms with E-state index in [0.29, 0.717) is 36.0 Å². The number of esters is 1. The van der Waals surface area contributed by atoms with Crippen molar-refractivity contribution >= 4 is 28.6 Å². The number of halogens is 1. The van der Waals surface area contributed by atoms with Crippen LogP contribution in [0.3, 0.4) is 0 Å². The summed E-state index contributed by atoms with van der Waals surface area (Å²) in [6.07, 6.45) is 2.85. The molecule has 0 amide bonds. The normalized spacial score (nSPS) is 14.8. The van der Waals surface area contributed by atoms with Gasteiger partial charge in [0, 0.05) is 29.7 Å². The minimum Gasteiger partial charge on any atom is -0.473 e. The number of carbonyl (C=O) groups excluding carboxylic acids is 1. The van der Waals surface area contributed by atoms with Gasteiger partial charge >= 0.3 is 5.97 Å². The van der Waals surface area contributed by atoms with E-state index < -0.39 is 0 Å². The Morgan fingerprint density at radius 1 is 1.05 bits per heavy atom. The molecule has 1 aliphatic rings. The van der Waals surface area contributed by atoms with Crippen LogP contribution in [0.15, 0.2) is 78.9 Å². The molecule has 0 spiro atoms. The van der Waals surface area contributed by atoms with Gasteiger partial charge in [0.15, 0.2) is 0 Å². The summed E-state index contributed by atoms with van der Waals surface area (Å²) in [5, 5.41) is 0.715. The van der Waals surface area contributed by atoms with E-state index in [9.17, 15) is 4.79 Å². The van der Waals surface area contributed by atoms with Gasteiger partial charge < -0.3 is 18.8 Å². The summed E-state index contributed by atoms with van der Waals surface area (Å²) in [5.41, 5.74) is 7.40. The summed E-state index contributed by atoms with van der Waals surface area (Å²) >= 11 is 6.08. The number of benzene rings is 3. The van der Waals surface area contributed by atoms with Crippen LogP contribution in [-0.4, -0.2) is 40.3 Å². The zero-order valence-corrected chi connectivity index (χ0v) is 24.4. The van der Waals surface area contributed by atoms with Crippen molar-refractivity contribution in [1.29, 1.82) is 0 Å². The summed E-state index contributed by atoms with van der Waals surface area (Å²) in [4.78, 5) is 21.9. The maximum Gasteiger partial charge on any atom is 0.337 e. The number of rotatable bonds is 9. The minimum absolute atomic E-state index is 0.134. The van der Waals surface area contributed by atoms with Crippen LogP contribution in [0, 0.1) is 6.92 Å². The summed E-state index contributed by atoms with van der Waals surface area (Å²) < 4.78 is 19.1. The van der Waals surface area contributed by atoms with Crippen molar-refractivity contribution in [3.05, 3.63) is 112 Å². The zero-order valence-electron chi connectivity index (χ0n) is 23.7. The van der Waals surface area contributed by atoms with Crippen molar-refractivity contribution in [2.45, 2.75) is 45.4 Å². The van der Waals surface area contributed by atoms with Gasteiger partial charge in [-0.1, -0.05) is 48.0 Å². The Morgan fingerprint density at radius 2 is 1.90 bits per heavy atom. The smallest absolute Gasteiger partial charge is 0.337 e. The van der Waals surface area contributed by atoms with E-state index in [4.69, 9.17) is 35.8 Å². The molecule has 0 bridgehead atoms. The van der Waals surface area contributed by atoms with Crippen molar-refractivity contribution in [1.82, 2.24) is 14.5 Å². The second-order valence-electron chi connectivity index (χ2n) is 10.6. The average molecular weight is 582 g/mol. The lowest BCUT2D eigenvalue weighted by atomic mass is 10.1. The third-order valence-electron chi connectivity index (χ3n) is 7.67. The fourth-order valence-electron chi connectivity index (χ4n) is 5.35. The highest BCUT2D eigenvalue weighted by atomic mass is 35.5. The van der Waals surface area contributed by atoms with Gasteiger partial charge in [0.1, 0.15) is 12.4 Å². The Bertz CT molecular complexity index is 1730. The van der Waals surface area contributed by atoms with Crippen LogP contribution in [0.1, 0.15) is 45.7 Å². The van der Waals surface area contributed by atoms with E-state index in [1.54, 1.807) is 6.07 Å². The molecule has 0 aliphatic carbocycles. The summed E-state index contributed by atoms with van der Waals surface area (Å²) in [6.45, 7) is 3.92. The summed E-state index contributed by atoms with van der Waals surface area (Å²) in [6, 6.07) is 25.5. The van der Waals surface area contributed by atoms with Gasteiger partial charge in [-0.3, -0.25) is 0 Å². The fraction of sp³-hybridized carbons (Fsp3) is 0.265. The molecule has 1 saturated heterocycles. The molecule has 7 nitrogen and oxygen atoms in total. The van der Waals surface area contributed by atoms with Crippen molar-refractivity contribution in [2.24, 2.45) is 0 Å². The minimum atomic E-state index is -0.359. The molecule has 2 aromatic heterocycles. The number of ether oxygens (including phenoxy) is 3. The highest BCUT2D eigenvalue weighted by Gasteiger charge is 2.21. The van der Waals surface area contributed by atoms with Crippen LogP contribution in [0.25, 0.3) is 22.3 Å². The first kappa shape index (κ1) is 27.9. The number of fused-ring (bicyclic) bond motifs is 1. The Kier molecular flexibility index (Phi) is 8.22. The van der Waals surface area contributed by atoms with Crippen LogP contribution in [-0.2, 0) is 29.0 Å². The Hall–Kier alpha value is -4.20. The number of aromatic nitrogens is 3. The molecule has 5 aromatic rings. The molecule has 42 heavy (non-hydrogen) atoms. The molecule has 1 unspecified atom stereocenters. The number of hydrogen-bond donors (Lipinski definition) is 0. The van der Waals surface area contributed by atoms with Crippen molar-refractivity contribution in [3.8, 4) is 17.1 Å². The molecule has 0 saturated carbocycles. The maximum absolute atomic E-state index is 12.2. The zero-order chi connectivity index (χ0) is 29.1. The number of aryl methyl sites for hydroxylation is 1. The first-order chi connectivity index (χ1) is 20.5. The third-order valence-corrected chi connectivity index (χ3v) is 7.91. The van der Waals surface area contributed by atoms with E-state index in [-0.39, 0.29) is 12.1 Å². The van der Waals surface area contributed by atoms with Crippen molar-refractivity contribution in [2.75, 3.05) is 13.7 Å². The lowest BCUT2D eigenvalue weighted by Crippen LogP contribution is -2.17. The van der Waals surface area contributed by atoms with Crippen LogP contribution in [0.2, 0.25) is 5.02 Å². The molecule has 3 heterocycles. The van der Waals surface area contributed by atoms with Crippen LogP contribution in [0.4, 0.5) is 0 Å². The second-order valence-corrected chi connectivity index (χ2v) is 11.0. The van der Waals surface area contributed by atoms with Crippen LogP contribution >= 0.6 is 11.6 Å². The lowest BCUT2D eigenvalue weighted by molar-refractivity contribution is 0.0601. The van der Waals surface area contributed by atoms with E-state index in [1.165, 1.54) is 7.11 Å². The molecular weight excluding hydrogens is 550 g/mol. The molecule has 214 valence electrons. The SMILES string of the molecule is COC(=O)c1ccc2nc(Cc3ccc(-c4cccc(OCc5ccc(Cl)cc5C)n4)cc3)n(CC3CCCO3)c2c1. The molecule has 0 N–H and O–H groups in total. The van der Waals surface area contributed by atoms with Gasteiger partial charge in [-0.15, -0.1) is 0 Å². The molecule has 0 radical (unpaired) electrons. The Labute approximate surface area is 250 Å². The maximum atomic E-state index is 12.2. The predicted molar refractivity (Wildman–Crippen MR) is 163 cm³/mol. The van der Waals surface area contributed by atoms with Gasteiger partial charge in [-0.25, -0.2) is 14.8 Å². The van der Waals surface area contributed by atoms with Crippen molar-refractivity contribution in [3.63, 3.8) is 0 Å². The third kappa shape index (κ3) is 6.17. The first-order valence-electron chi connectivity index (χ1n) is 14.1. The Balaban J connectivity index is 1.21. The van der Waals surface area contributed by atoms with Gasteiger partial charge in [0.05, 0.1) is 42.0 Å². The van der Waals surface area contributed by atoms with Gasteiger partial charge in [-0.05, 0) is 72.9 Å². The molecule has 1 aliphatic heterocycles. The van der Waals surface area contributed by atoms with Gasteiger partial charge in [-0.2, -0.15) is 0 Å². The molecule has 6 rings (SSSR count). The fourth-order valence-corrected chi connectivity index (χ4v) is 5.58. The number of nitrogens with zero attached hydrogens (tertiary/aromatic N) is 3. The van der Waals surface area contributed by atoms with E-state index >= 15 is 0 Å². The van der Waals surface area contributed by atoms with Gasteiger partial charge in [0.2, 0.25) is 5.88 Å². The Morgan fingerprint density at radius 3 is 2.67 bits per heavy atom. The topological polar surface area (TPSA) is 75.5 Å². The van der Waals surface area contributed by atoms with E-state index in [2.05, 4.69) is 28.8 Å². The molecule has 3 aromatic carbocycles. The van der Waals surface area contributed by atoms with E-state index in [0.717, 1.165) is 64.3 Å². The number of pyridine rings is 1. The van der Waals surface area contributed by atoms with Crippen molar-refractivity contribution < 1.29 is 19.0 Å². The number of hydrogen-bond acceptors (Lipinski definition) is 6. The molecular formula is C34H32ClN3O4. The van der Waals surface area contributed by atoms with Crippen LogP contribution in [0.5, 0.6) is 5.88 Å². The number of carbonyl (C=O) groups is 1. The number of methoxy groups -OCH3 is 1. The second kappa shape index (κ2) is 12.3. The first-order valence-corrected chi connectivity index (χ1v) is 14.5. The standard InChI is InChI=1S/C34H32ClN3O4/c1-22-17-27(35)14-12-26(22)21-42-33-7-3-6-29(37-33)24-10-8-23(9-11-24)18-32-36-30-15-13-25(34(39)40-2)19-31(30)38(32)20-28-5-4-16-41-28/h3,6-15,17,19,28H,4-5,16,18,20-21H2,1-2H3. The summed E-state index contributed by atoms with van der Waals surface area (Å²) in [5.74, 6) is 1.14.